The quantitative estimate of drug-likeness (QED) is 0.776. The Labute approximate surface area is 93.9 Å². The van der Waals surface area contributed by atoms with Crippen LogP contribution in [0.3, 0.4) is 0 Å². The molecule has 1 aromatic heterocycles. The SMILES string of the molecule is Cc1cccc(C(=O)c2ccnc(N)c2)c1. The molecule has 3 heteroatoms. The first-order valence-corrected chi connectivity index (χ1v) is 5.00. The van der Waals surface area contributed by atoms with Gasteiger partial charge >= 0.3 is 0 Å². The lowest BCUT2D eigenvalue weighted by atomic mass is 10.0. The summed E-state index contributed by atoms with van der Waals surface area (Å²) in [7, 11) is 0. The normalized spacial score (nSPS) is 10.1. The molecule has 80 valence electrons. The zero-order chi connectivity index (χ0) is 11.5. The molecule has 0 aliphatic heterocycles. The molecule has 0 saturated carbocycles. The third-order valence-corrected chi connectivity index (χ3v) is 2.32. The first-order valence-electron chi connectivity index (χ1n) is 5.00. The molecular weight excluding hydrogens is 200 g/mol. The molecule has 0 unspecified atom stereocenters. The Morgan fingerprint density at radius 3 is 2.62 bits per heavy atom. The summed E-state index contributed by atoms with van der Waals surface area (Å²) < 4.78 is 0. The zero-order valence-corrected chi connectivity index (χ0v) is 8.97. The molecule has 0 amide bonds. The number of hydrogen-bond donors (Lipinski definition) is 1. The smallest absolute Gasteiger partial charge is 0.193 e. The summed E-state index contributed by atoms with van der Waals surface area (Å²) in [5.41, 5.74) is 7.84. The minimum absolute atomic E-state index is 0.0298. The highest BCUT2D eigenvalue weighted by Crippen LogP contribution is 2.12. The number of pyridine rings is 1. The van der Waals surface area contributed by atoms with Gasteiger partial charge in [-0.25, -0.2) is 4.98 Å². The van der Waals surface area contributed by atoms with E-state index in [2.05, 4.69) is 4.98 Å². The summed E-state index contributed by atoms with van der Waals surface area (Å²) in [6, 6.07) is 10.7. The second-order valence-corrected chi connectivity index (χ2v) is 3.67. The number of aromatic nitrogens is 1. The first-order chi connectivity index (χ1) is 7.66. The first kappa shape index (κ1) is 10.4. The minimum Gasteiger partial charge on any atom is -0.384 e. The van der Waals surface area contributed by atoms with E-state index in [9.17, 15) is 4.79 Å². The molecule has 0 saturated heterocycles. The number of ketones is 1. The molecular formula is C13H12N2O. The fraction of sp³-hybridized carbons (Fsp3) is 0.0769. The molecule has 0 bridgehead atoms. The van der Waals surface area contributed by atoms with E-state index < -0.39 is 0 Å². The molecule has 16 heavy (non-hydrogen) atoms. The van der Waals surface area contributed by atoms with Gasteiger partial charge in [-0.1, -0.05) is 23.8 Å². The maximum absolute atomic E-state index is 12.1. The zero-order valence-electron chi connectivity index (χ0n) is 8.97. The molecule has 2 N–H and O–H groups in total. The van der Waals surface area contributed by atoms with Crippen LogP contribution in [-0.2, 0) is 0 Å². The van der Waals surface area contributed by atoms with E-state index >= 15 is 0 Å². The van der Waals surface area contributed by atoms with Crippen LogP contribution < -0.4 is 5.73 Å². The Morgan fingerprint density at radius 2 is 1.94 bits per heavy atom. The van der Waals surface area contributed by atoms with Crippen LogP contribution in [0.2, 0.25) is 0 Å². The predicted octanol–water partition coefficient (Wildman–Crippen LogP) is 2.20. The standard InChI is InChI=1S/C13H12N2O/c1-9-3-2-4-10(7-9)13(16)11-5-6-15-12(14)8-11/h2-8H,1H3,(H2,14,15). The number of aryl methyl sites for hydroxylation is 1. The van der Waals surface area contributed by atoms with Gasteiger partial charge in [0.1, 0.15) is 5.82 Å². The van der Waals surface area contributed by atoms with Crippen molar-refractivity contribution in [1.29, 1.82) is 0 Å². The van der Waals surface area contributed by atoms with Crippen LogP contribution in [0.1, 0.15) is 21.5 Å². The van der Waals surface area contributed by atoms with E-state index in [-0.39, 0.29) is 5.78 Å². The van der Waals surface area contributed by atoms with E-state index in [0.29, 0.717) is 16.9 Å². The van der Waals surface area contributed by atoms with Crippen molar-refractivity contribution >= 4 is 11.6 Å². The number of hydrogen-bond acceptors (Lipinski definition) is 3. The second kappa shape index (κ2) is 4.14. The highest BCUT2D eigenvalue weighted by molar-refractivity contribution is 6.09. The van der Waals surface area contributed by atoms with Crippen LogP contribution in [-0.4, -0.2) is 10.8 Å². The third kappa shape index (κ3) is 2.08. The molecule has 0 aliphatic carbocycles. The fourth-order valence-corrected chi connectivity index (χ4v) is 1.54. The Bertz CT molecular complexity index is 487. The van der Waals surface area contributed by atoms with Crippen LogP contribution >= 0.6 is 0 Å². The molecule has 2 rings (SSSR count). The van der Waals surface area contributed by atoms with E-state index in [1.165, 1.54) is 0 Å². The number of carbonyl (C=O) groups is 1. The van der Waals surface area contributed by atoms with Gasteiger partial charge < -0.3 is 5.73 Å². The van der Waals surface area contributed by atoms with E-state index in [0.717, 1.165) is 5.56 Å². The summed E-state index contributed by atoms with van der Waals surface area (Å²) >= 11 is 0. The van der Waals surface area contributed by atoms with E-state index in [4.69, 9.17) is 5.73 Å². The Kier molecular flexibility index (Phi) is 2.68. The highest BCUT2D eigenvalue weighted by Gasteiger charge is 2.09. The van der Waals surface area contributed by atoms with Crippen molar-refractivity contribution in [2.24, 2.45) is 0 Å². The summed E-state index contributed by atoms with van der Waals surface area (Å²) in [6.45, 7) is 1.96. The van der Waals surface area contributed by atoms with Crippen molar-refractivity contribution in [3.05, 3.63) is 59.3 Å². The second-order valence-electron chi connectivity index (χ2n) is 3.67. The topological polar surface area (TPSA) is 56.0 Å². The highest BCUT2D eigenvalue weighted by atomic mass is 16.1. The molecule has 0 aliphatic rings. The molecule has 1 aromatic carbocycles. The summed E-state index contributed by atoms with van der Waals surface area (Å²) in [5, 5.41) is 0. The van der Waals surface area contributed by atoms with Gasteiger partial charge in [-0.05, 0) is 25.1 Å². The summed E-state index contributed by atoms with van der Waals surface area (Å²) in [6.07, 6.45) is 1.54. The van der Waals surface area contributed by atoms with Crippen LogP contribution in [0.4, 0.5) is 5.82 Å². The molecule has 3 nitrogen and oxygen atoms in total. The number of nitrogens with two attached hydrogens (primary N) is 1. The van der Waals surface area contributed by atoms with Crippen LogP contribution in [0.25, 0.3) is 0 Å². The van der Waals surface area contributed by atoms with Crippen molar-refractivity contribution in [3.63, 3.8) is 0 Å². The molecule has 0 fully saturated rings. The number of rotatable bonds is 2. The third-order valence-electron chi connectivity index (χ3n) is 2.32. The van der Waals surface area contributed by atoms with Gasteiger partial charge in [-0.3, -0.25) is 4.79 Å². The maximum Gasteiger partial charge on any atom is 0.193 e. The van der Waals surface area contributed by atoms with E-state index in [1.54, 1.807) is 24.4 Å². The number of benzene rings is 1. The Hall–Kier alpha value is -2.16. The van der Waals surface area contributed by atoms with Crippen LogP contribution in [0.15, 0.2) is 42.6 Å². The Balaban J connectivity index is 2.39. The number of anilines is 1. The van der Waals surface area contributed by atoms with Gasteiger partial charge in [-0.2, -0.15) is 0 Å². The number of nitrogens with zero attached hydrogens (tertiary/aromatic N) is 1. The van der Waals surface area contributed by atoms with Crippen molar-refractivity contribution < 1.29 is 4.79 Å². The van der Waals surface area contributed by atoms with Gasteiger partial charge in [0.05, 0.1) is 0 Å². The minimum atomic E-state index is -0.0298. The lowest BCUT2D eigenvalue weighted by Gasteiger charge is -2.02. The van der Waals surface area contributed by atoms with Crippen LogP contribution in [0, 0.1) is 6.92 Å². The van der Waals surface area contributed by atoms with E-state index in [1.807, 2.05) is 25.1 Å². The molecule has 0 atom stereocenters. The van der Waals surface area contributed by atoms with Crippen molar-refractivity contribution in [2.45, 2.75) is 6.92 Å². The number of carbonyl (C=O) groups excluding carboxylic acids is 1. The fourth-order valence-electron chi connectivity index (χ4n) is 1.54. The molecule has 0 radical (unpaired) electrons. The van der Waals surface area contributed by atoms with Gasteiger partial charge in [0.25, 0.3) is 0 Å². The maximum atomic E-state index is 12.1. The van der Waals surface area contributed by atoms with Crippen molar-refractivity contribution in [3.8, 4) is 0 Å². The summed E-state index contributed by atoms with van der Waals surface area (Å²) in [5.74, 6) is 0.330. The van der Waals surface area contributed by atoms with Crippen molar-refractivity contribution in [1.82, 2.24) is 4.98 Å². The number of nitrogen functional groups attached to an aromatic ring is 1. The monoisotopic (exact) mass is 212 g/mol. The van der Waals surface area contributed by atoms with Gasteiger partial charge in [0.2, 0.25) is 0 Å². The average Bonchev–Trinajstić information content (AvgIpc) is 2.28. The van der Waals surface area contributed by atoms with Crippen molar-refractivity contribution in [2.75, 3.05) is 5.73 Å². The van der Waals surface area contributed by atoms with Gasteiger partial charge in [-0.15, -0.1) is 0 Å². The predicted molar refractivity (Wildman–Crippen MR) is 63.3 cm³/mol. The Morgan fingerprint density at radius 1 is 1.19 bits per heavy atom. The van der Waals surface area contributed by atoms with Gasteiger partial charge in [0.15, 0.2) is 5.78 Å². The van der Waals surface area contributed by atoms with Crippen LogP contribution in [0.5, 0.6) is 0 Å². The summed E-state index contributed by atoms with van der Waals surface area (Å²) in [4.78, 5) is 15.9. The van der Waals surface area contributed by atoms with Gasteiger partial charge in [0, 0.05) is 17.3 Å². The molecule has 1 heterocycles. The largest absolute Gasteiger partial charge is 0.384 e. The lowest BCUT2D eigenvalue weighted by molar-refractivity contribution is 0.103. The molecule has 2 aromatic rings. The molecule has 0 spiro atoms. The average molecular weight is 212 g/mol. The lowest BCUT2D eigenvalue weighted by Crippen LogP contribution is -2.03.